The lowest BCUT2D eigenvalue weighted by Crippen LogP contribution is -2.39. The lowest BCUT2D eigenvalue weighted by Gasteiger charge is -2.21. The Morgan fingerprint density at radius 3 is 2.73 bits per heavy atom. The maximum atomic E-state index is 13.5. The molecular weight excluding hydrogens is 309 g/mol. The van der Waals surface area contributed by atoms with E-state index < -0.39 is 28.1 Å². The topological polar surface area (TPSA) is 83.7 Å². The van der Waals surface area contributed by atoms with E-state index in [9.17, 15) is 17.6 Å². The van der Waals surface area contributed by atoms with Crippen molar-refractivity contribution in [1.29, 1.82) is 0 Å². The minimum absolute atomic E-state index is 0.0883. The molecule has 2 atom stereocenters. The molecule has 6 nitrogen and oxygen atoms in total. The summed E-state index contributed by atoms with van der Waals surface area (Å²) in [6.45, 7) is 0.406. The first-order valence-electron chi connectivity index (χ1n) is 6.90. The summed E-state index contributed by atoms with van der Waals surface area (Å²) in [5.41, 5.74) is 5.99. The van der Waals surface area contributed by atoms with Crippen molar-refractivity contribution in [2.45, 2.75) is 30.1 Å². The van der Waals surface area contributed by atoms with Gasteiger partial charge in [-0.3, -0.25) is 9.69 Å². The lowest BCUT2D eigenvalue weighted by molar-refractivity contribution is -0.122. The highest BCUT2D eigenvalue weighted by molar-refractivity contribution is 7.89. The number of rotatable bonds is 5. The third-order valence-corrected chi connectivity index (χ3v) is 5.55. The number of likely N-dealkylation sites (tertiary alicyclic amines) is 1. The SMILES string of the molecule is CN(C)S(=O)(=O)c1cccc(CN2C[C@H](F)C[C@H]2C(N)=O)c1. The number of primary amides is 1. The monoisotopic (exact) mass is 329 g/mol. The Labute approximate surface area is 129 Å². The maximum Gasteiger partial charge on any atom is 0.242 e. The van der Waals surface area contributed by atoms with Crippen molar-refractivity contribution in [3.63, 3.8) is 0 Å². The number of carbonyl (C=O) groups excluding carboxylic acids is 1. The number of alkyl halides is 1. The minimum atomic E-state index is -3.52. The molecule has 1 aliphatic rings. The number of carbonyl (C=O) groups is 1. The Balaban J connectivity index is 2.23. The number of sulfonamides is 1. The number of nitrogens with two attached hydrogens (primary N) is 1. The molecule has 1 aliphatic heterocycles. The van der Waals surface area contributed by atoms with Crippen LogP contribution in [0.4, 0.5) is 4.39 Å². The molecule has 1 amide bonds. The fraction of sp³-hybridized carbons (Fsp3) is 0.500. The van der Waals surface area contributed by atoms with E-state index in [2.05, 4.69) is 0 Å². The molecule has 1 heterocycles. The van der Waals surface area contributed by atoms with E-state index >= 15 is 0 Å². The zero-order chi connectivity index (χ0) is 16.5. The number of benzene rings is 1. The Hall–Kier alpha value is -1.51. The molecule has 1 fully saturated rings. The summed E-state index contributed by atoms with van der Waals surface area (Å²) in [6.07, 6.45) is -1.00. The summed E-state index contributed by atoms with van der Waals surface area (Å²) >= 11 is 0. The number of hydrogen-bond acceptors (Lipinski definition) is 4. The predicted octanol–water partition coefficient (Wildman–Crippen LogP) is 0.335. The molecule has 0 unspecified atom stereocenters. The Kier molecular flexibility index (Phi) is 4.84. The van der Waals surface area contributed by atoms with Crippen LogP contribution < -0.4 is 5.73 Å². The molecule has 8 heteroatoms. The molecule has 0 radical (unpaired) electrons. The van der Waals surface area contributed by atoms with Crippen LogP contribution in [0.5, 0.6) is 0 Å². The van der Waals surface area contributed by atoms with Gasteiger partial charge in [0.1, 0.15) is 6.17 Å². The normalized spacial score (nSPS) is 23.1. The fourth-order valence-corrected chi connectivity index (χ4v) is 3.54. The van der Waals surface area contributed by atoms with E-state index in [4.69, 9.17) is 5.73 Å². The van der Waals surface area contributed by atoms with Crippen LogP contribution in [0.3, 0.4) is 0 Å². The molecule has 2 rings (SSSR count). The van der Waals surface area contributed by atoms with Crippen LogP contribution in [0.25, 0.3) is 0 Å². The van der Waals surface area contributed by atoms with Crippen LogP contribution >= 0.6 is 0 Å². The zero-order valence-corrected chi connectivity index (χ0v) is 13.4. The van der Waals surface area contributed by atoms with Gasteiger partial charge in [-0.2, -0.15) is 0 Å². The van der Waals surface area contributed by atoms with Gasteiger partial charge < -0.3 is 5.73 Å². The molecule has 1 aromatic rings. The number of halogens is 1. The average molecular weight is 329 g/mol. The van der Waals surface area contributed by atoms with Gasteiger partial charge in [-0.25, -0.2) is 17.1 Å². The van der Waals surface area contributed by atoms with Crippen LogP contribution in [-0.4, -0.2) is 56.4 Å². The first-order chi connectivity index (χ1) is 10.2. The number of hydrogen-bond donors (Lipinski definition) is 1. The molecule has 0 spiro atoms. The molecule has 0 aliphatic carbocycles. The Morgan fingerprint density at radius 1 is 1.45 bits per heavy atom. The third-order valence-electron chi connectivity index (χ3n) is 3.74. The number of nitrogens with zero attached hydrogens (tertiary/aromatic N) is 2. The summed E-state index contributed by atoms with van der Waals surface area (Å²) < 4.78 is 38.9. The van der Waals surface area contributed by atoms with Crippen LogP contribution in [0.1, 0.15) is 12.0 Å². The molecule has 122 valence electrons. The van der Waals surface area contributed by atoms with Crippen molar-refractivity contribution in [1.82, 2.24) is 9.21 Å². The second-order valence-electron chi connectivity index (χ2n) is 5.62. The first-order valence-corrected chi connectivity index (χ1v) is 8.34. The summed E-state index contributed by atoms with van der Waals surface area (Å²) in [7, 11) is -0.609. The Morgan fingerprint density at radius 2 is 2.14 bits per heavy atom. The summed E-state index contributed by atoms with van der Waals surface area (Å²) in [4.78, 5) is 13.2. The second kappa shape index (κ2) is 6.31. The molecule has 0 aromatic heterocycles. The molecule has 1 saturated heterocycles. The highest BCUT2D eigenvalue weighted by atomic mass is 32.2. The van der Waals surface area contributed by atoms with E-state index in [0.29, 0.717) is 5.56 Å². The highest BCUT2D eigenvalue weighted by Crippen LogP contribution is 2.23. The van der Waals surface area contributed by atoms with Crippen LogP contribution in [0.2, 0.25) is 0 Å². The van der Waals surface area contributed by atoms with Gasteiger partial charge in [-0.15, -0.1) is 0 Å². The van der Waals surface area contributed by atoms with Crippen LogP contribution in [0.15, 0.2) is 29.2 Å². The van der Waals surface area contributed by atoms with Crippen LogP contribution in [-0.2, 0) is 21.4 Å². The summed E-state index contributed by atoms with van der Waals surface area (Å²) in [6, 6.07) is 5.78. The smallest absolute Gasteiger partial charge is 0.242 e. The molecule has 1 aromatic carbocycles. The van der Waals surface area contributed by atoms with Gasteiger partial charge in [0.05, 0.1) is 10.9 Å². The van der Waals surface area contributed by atoms with E-state index in [1.54, 1.807) is 23.1 Å². The first kappa shape index (κ1) is 16.9. The maximum absolute atomic E-state index is 13.5. The van der Waals surface area contributed by atoms with Gasteiger partial charge in [0.25, 0.3) is 0 Å². The highest BCUT2D eigenvalue weighted by Gasteiger charge is 2.35. The van der Waals surface area contributed by atoms with E-state index in [1.165, 1.54) is 20.2 Å². The van der Waals surface area contributed by atoms with Gasteiger partial charge in [0.2, 0.25) is 15.9 Å². The van der Waals surface area contributed by atoms with Gasteiger partial charge in [-0.05, 0) is 17.7 Å². The number of amides is 1. The van der Waals surface area contributed by atoms with Crippen molar-refractivity contribution in [3.05, 3.63) is 29.8 Å². The zero-order valence-electron chi connectivity index (χ0n) is 12.6. The molecule has 0 saturated carbocycles. The van der Waals surface area contributed by atoms with Gasteiger partial charge >= 0.3 is 0 Å². The third kappa shape index (κ3) is 3.45. The van der Waals surface area contributed by atoms with Crippen molar-refractivity contribution >= 4 is 15.9 Å². The molecule has 0 bridgehead atoms. The average Bonchev–Trinajstić information content (AvgIpc) is 2.80. The van der Waals surface area contributed by atoms with Gasteiger partial charge in [-0.1, -0.05) is 12.1 Å². The molecule has 2 N–H and O–H groups in total. The summed E-state index contributed by atoms with van der Waals surface area (Å²) in [5.74, 6) is -0.558. The Bertz CT molecular complexity index is 663. The lowest BCUT2D eigenvalue weighted by atomic mass is 10.1. The van der Waals surface area contributed by atoms with Crippen LogP contribution in [0, 0.1) is 0 Å². The molecule has 22 heavy (non-hydrogen) atoms. The van der Waals surface area contributed by atoms with Gasteiger partial charge in [0.15, 0.2) is 0 Å². The quantitative estimate of drug-likeness (QED) is 0.844. The standard InChI is InChI=1S/C14H20FN3O3S/c1-17(2)22(20,21)12-5-3-4-10(6-12)8-18-9-11(15)7-13(18)14(16)19/h3-6,11,13H,7-9H2,1-2H3,(H2,16,19)/t11-,13+/m1/s1. The van der Waals surface area contributed by atoms with Crippen molar-refractivity contribution in [2.75, 3.05) is 20.6 Å². The minimum Gasteiger partial charge on any atom is -0.368 e. The second-order valence-corrected chi connectivity index (χ2v) is 7.77. The van der Waals surface area contributed by atoms with E-state index in [1.807, 2.05) is 0 Å². The van der Waals surface area contributed by atoms with E-state index in [0.717, 1.165) is 4.31 Å². The van der Waals surface area contributed by atoms with Crippen molar-refractivity contribution < 1.29 is 17.6 Å². The summed E-state index contributed by atoms with van der Waals surface area (Å²) in [5, 5.41) is 0. The fourth-order valence-electron chi connectivity index (χ4n) is 2.57. The van der Waals surface area contributed by atoms with Crippen molar-refractivity contribution in [3.8, 4) is 0 Å². The molecular formula is C14H20FN3O3S. The largest absolute Gasteiger partial charge is 0.368 e. The van der Waals surface area contributed by atoms with E-state index in [-0.39, 0.29) is 24.4 Å². The van der Waals surface area contributed by atoms with Gasteiger partial charge in [0, 0.05) is 33.6 Å². The predicted molar refractivity (Wildman–Crippen MR) is 80.2 cm³/mol. The van der Waals surface area contributed by atoms with Crippen molar-refractivity contribution in [2.24, 2.45) is 5.73 Å².